The van der Waals surface area contributed by atoms with Crippen molar-refractivity contribution in [3.05, 3.63) is 35.4 Å². The van der Waals surface area contributed by atoms with Gasteiger partial charge in [0.1, 0.15) is 0 Å². The van der Waals surface area contributed by atoms with E-state index in [9.17, 15) is 4.79 Å². The predicted octanol–water partition coefficient (Wildman–Crippen LogP) is 1.23. The molecule has 0 radical (unpaired) electrons. The smallest absolute Gasteiger partial charge is 0.237 e. The van der Waals surface area contributed by atoms with E-state index < -0.39 is 0 Å². The van der Waals surface area contributed by atoms with Crippen LogP contribution in [0.2, 0.25) is 0 Å². The van der Waals surface area contributed by atoms with E-state index in [-0.39, 0.29) is 11.9 Å². The summed E-state index contributed by atoms with van der Waals surface area (Å²) in [5.41, 5.74) is 2.55. The maximum atomic E-state index is 11.9. The number of hydrogen-bond donors (Lipinski definition) is 2. The van der Waals surface area contributed by atoms with E-state index in [0.717, 1.165) is 19.4 Å². The van der Waals surface area contributed by atoms with E-state index in [2.05, 4.69) is 28.7 Å². The zero-order valence-corrected chi connectivity index (χ0v) is 10.4. The number of benzene rings is 1. The maximum Gasteiger partial charge on any atom is 0.237 e. The number of fused-ring (bicyclic) bond motifs is 1. The minimum absolute atomic E-state index is 0.0709. The summed E-state index contributed by atoms with van der Waals surface area (Å²) >= 11 is 0. The fourth-order valence-electron chi connectivity index (χ4n) is 2.16. The number of unbranched alkanes of at least 4 members (excludes halogenated alkanes) is 1. The van der Waals surface area contributed by atoms with Crippen molar-refractivity contribution in [2.45, 2.75) is 31.8 Å². The van der Waals surface area contributed by atoms with E-state index in [0.29, 0.717) is 13.0 Å². The molecule has 3 nitrogen and oxygen atoms in total. The standard InChI is InChI=1S/C15H18N2O/c1-2-3-6-9-16-15(18)14-10-12-7-4-5-8-13(12)11-17-14/h1,4-5,7-8,14,17H,3,6,9-11H2,(H,16,18)/t14-/m0/s1. The lowest BCUT2D eigenvalue weighted by atomic mass is 9.95. The van der Waals surface area contributed by atoms with Gasteiger partial charge in [0.05, 0.1) is 6.04 Å². The highest BCUT2D eigenvalue weighted by Crippen LogP contribution is 2.16. The molecule has 18 heavy (non-hydrogen) atoms. The molecule has 3 heteroatoms. The van der Waals surface area contributed by atoms with Crippen molar-refractivity contribution in [1.82, 2.24) is 10.6 Å². The van der Waals surface area contributed by atoms with Crippen molar-refractivity contribution in [3.8, 4) is 12.3 Å². The molecule has 1 heterocycles. The van der Waals surface area contributed by atoms with Crippen LogP contribution in [0.4, 0.5) is 0 Å². The molecule has 0 unspecified atom stereocenters. The highest BCUT2D eigenvalue weighted by Gasteiger charge is 2.23. The molecular formula is C15H18N2O. The molecule has 0 aliphatic carbocycles. The average molecular weight is 242 g/mol. The third-order valence-electron chi connectivity index (χ3n) is 3.19. The van der Waals surface area contributed by atoms with Gasteiger partial charge in [-0.1, -0.05) is 24.3 Å². The van der Waals surface area contributed by atoms with Gasteiger partial charge in [-0.25, -0.2) is 0 Å². The maximum absolute atomic E-state index is 11.9. The molecule has 2 N–H and O–H groups in total. The lowest BCUT2D eigenvalue weighted by Gasteiger charge is -2.25. The Bertz CT molecular complexity index is 462. The molecule has 1 aromatic carbocycles. The van der Waals surface area contributed by atoms with E-state index in [1.54, 1.807) is 0 Å². The van der Waals surface area contributed by atoms with Gasteiger partial charge in [0, 0.05) is 19.5 Å². The summed E-state index contributed by atoms with van der Waals surface area (Å²) < 4.78 is 0. The molecule has 0 aromatic heterocycles. The second-order valence-electron chi connectivity index (χ2n) is 4.51. The highest BCUT2D eigenvalue weighted by atomic mass is 16.2. The Labute approximate surface area is 108 Å². The van der Waals surface area contributed by atoms with E-state index in [1.807, 2.05) is 12.1 Å². The lowest BCUT2D eigenvalue weighted by Crippen LogP contribution is -2.47. The summed E-state index contributed by atoms with van der Waals surface area (Å²) in [4.78, 5) is 11.9. The van der Waals surface area contributed by atoms with Gasteiger partial charge in [-0.3, -0.25) is 4.79 Å². The van der Waals surface area contributed by atoms with Crippen LogP contribution < -0.4 is 10.6 Å². The van der Waals surface area contributed by atoms with Gasteiger partial charge in [-0.2, -0.15) is 0 Å². The molecule has 0 saturated heterocycles. The first-order valence-corrected chi connectivity index (χ1v) is 6.32. The minimum Gasteiger partial charge on any atom is -0.355 e. The van der Waals surface area contributed by atoms with Gasteiger partial charge in [0.25, 0.3) is 0 Å². The molecule has 1 aromatic rings. The number of carbonyl (C=O) groups excluding carboxylic acids is 1. The second kappa shape index (κ2) is 6.23. The van der Waals surface area contributed by atoms with Crippen LogP contribution in [0.15, 0.2) is 24.3 Å². The summed E-state index contributed by atoms with van der Waals surface area (Å²) in [6, 6.07) is 8.12. The van der Waals surface area contributed by atoms with Crippen molar-refractivity contribution in [2.75, 3.05) is 6.54 Å². The first-order chi connectivity index (χ1) is 8.81. The van der Waals surface area contributed by atoms with Crippen molar-refractivity contribution >= 4 is 5.91 Å². The third kappa shape index (κ3) is 3.12. The Hall–Kier alpha value is -1.79. The number of carbonyl (C=O) groups is 1. The molecule has 0 saturated carbocycles. The molecule has 94 valence electrons. The molecule has 1 amide bonds. The van der Waals surface area contributed by atoms with Crippen LogP contribution in [0.5, 0.6) is 0 Å². The van der Waals surface area contributed by atoms with Gasteiger partial charge >= 0.3 is 0 Å². The van der Waals surface area contributed by atoms with Gasteiger partial charge in [-0.15, -0.1) is 12.3 Å². The molecule has 2 rings (SSSR count). The van der Waals surface area contributed by atoms with Gasteiger partial charge in [0.15, 0.2) is 0 Å². The fourth-order valence-corrected chi connectivity index (χ4v) is 2.16. The molecule has 1 aliphatic heterocycles. The zero-order chi connectivity index (χ0) is 12.8. The number of nitrogens with one attached hydrogen (secondary N) is 2. The average Bonchev–Trinajstić information content (AvgIpc) is 2.43. The number of rotatable bonds is 4. The lowest BCUT2D eigenvalue weighted by molar-refractivity contribution is -0.123. The Morgan fingerprint density at radius 1 is 1.44 bits per heavy atom. The quantitative estimate of drug-likeness (QED) is 0.616. The van der Waals surface area contributed by atoms with Gasteiger partial charge < -0.3 is 10.6 Å². The largest absolute Gasteiger partial charge is 0.355 e. The Morgan fingerprint density at radius 3 is 3.00 bits per heavy atom. The van der Waals surface area contributed by atoms with Crippen LogP contribution in [0.25, 0.3) is 0 Å². The molecule has 0 spiro atoms. The molecule has 0 fully saturated rings. The normalized spacial score (nSPS) is 17.6. The topological polar surface area (TPSA) is 41.1 Å². The molecule has 0 bridgehead atoms. The fraction of sp³-hybridized carbons (Fsp3) is 0.400. The van der Waals surface area contributed by atoms with Gasteiger partial charge in [-0.05, 0) is 24.0 Å². The summed E-state index contributed by atoms with van der Waals surface area (Å²) in [5.74, 6) is 2.64. The molecule has 1 aliphatic rings. The van der Waals surface area contributed by atoms with E-state index in [1.165, 1.54) is 11.1 Å². The zero-order valence-electron chi connectivity index (χ0n) is 10.4. The van der Waals surface area contributed by atoms with Gasteiger partial charge in [0.2, 0.25) is 5.91 Å². The molecular weight excluding hydrogens is 224 g/mol. The summed E-state index contributed by atoms with van der Waals surface area (Å²) in [5, 5.41) is 6.18. The van der Waals surface area contributed by atoms with Crippen LogP contribution >= 0.6 is 0 Å². The predicted molar refractivity (Wildman–Crippen MR) is 71.9 cm³/mol. The van der Waals surface area contributed by atoms with E-state index in [4.69, 9.17) is 6.42 Å². The third-order valence-corrected chi connectivity index (χ3v) is 3.19. The van der Waals surface area contributed by atoms with Crippen molar-refractivity contribution in [3.63, 3.8) is 0 Å². The number of amides is 1. The van der Waals surface area contributed by atoms with Crippen LogP contribution in [0, 0.1) is 12.3 Å². The first kappa shape index (κ1) is 12.7. The Kier molecular flexibility index (Phi) is 4.38. The summed E-state index contributed by atoms with van der Waals surface area (Å²) in [6.07, 6.45) is 7.48. The minimum atomic E-state index is -0.120. The van der Waals surface area contributed by atoms with E-state index >= 15 is 0 Å². The Balaban J connectivity index is 1.85. The van der Waals surface area contributed by atoms with Crippen LogP contribution in [0.3, 0.4) is 0 Å². The highest BCUT2D eigenvalue weighted by molar-refractivity contribution is 5.82. The van der Waals surface area contributed by atoms with Crippen LogP contribution in [-0.2, 0) is 17.8 Å². The number of terminal acetylenes is 1. The first-order valence-electron chi connectivity index (χ1n) is 6.32. The Morgan fingerprint density at radius 2 is 2.22 bits per heavy atom. The van der Waals surface area contributed by atoms with Crippen molar-refractivity contribution < 1.29 is 4.79 Å². The molecule has 1 atom stereocenters. The monoisotopic (exact) mass is 242 g/mol. The number of hydrogen-bond acceptors (Lipinski definition) is 2. The van der Waals surface area contributed by atoms with Crippen LogP contribution in [0.1, 0.15) is 24.0 Å². The SMILES string of the molecule is C#CCCCNC(=O)[C@@H]1Cc2ccccc2CN1. The van der Waals surface area contributed by atoms with Crippen LogP contribution in [-0.4, -0.2) is 18.5 Å². The summed E-state index contributed by atoms with van der Waals surface area (Å²) in [7, 11) is 0. The summed E-state index contributed by atoms with van der Waals surface area (Å²) in [6.45, 7) is 1.42. The second-order valence-corrected chi connectivity index (χ2v) is 4.51. The van der Waals surface area contributed by atoms with Crippen molar-refractivity contribution in [1.29, 1.82) is 0 Å². The van der Waals surface area contributed by atoms with Crippen molar-refractivity contribution in [2.24, 2.45) is 0 Å².